The zero-order chi connectivity index (χ0) is 17.8. The van der Waals surface area contributed by atoms with E-state index < -0.39 is 0 Å². The first-order valence-corrected chi connectivity index (χ1v) is 8.62. The quantitative estimate of drug-likeness (QED) is 0.561. The van der Waals surface area contributed by atoms with Gasteiger partial charge in [0, 0.05) is 13.1 Å². The Morgan fingerprint density at radius 3 is 2.80 bits per heavy atom. The molecule has 3 rings (SSSR count). The maximum atomic E-state index is 13.0. The molecule has 0 aliphatic carbocycles. The minimum absolute atomic E-state index is 0.135. The summed E-state index contributed by atoms with van der Waals surface area (Å²) < 4.78 is 6.76. The largest absolute Gasteiger partial charge is 0.497 e. The Kier molecular flexibility index (Phi) is 5.04. The molecular formula is C18H17N3O3S. The molecular weight excluding hydrogens is 338 g/mol. The normalized spacial score (nSPS) is 10.6. The van der Waals surface area contributed by atoms with Gasteiger partial charge < -0.3 is 10.1 Å². The minimum atomic E-state index is -0.182. The van der Waals surface area contributed by atoms with E-state index in [1.165, 1.54) is 16.3 Å². The summed E-state index contributed by atoms with van der Waals surface area (Å²) in [6, 6.07) is 14.4. The maximum Gasteiger partial charge on any atom is 0.266 e. The van der Waals surface area contributed by atoms with Gasteiger partial charge >= 0.3 is 0 Å². The van der Waals surface area contributed by atoms with Gasteiger partial charge in [0.1, 0.15) is 5.75 Å². The third-order valence-electron chi connectivity index (χ3n) is 3.67. The number of nitrogens with zero attached hydrogens (tertiary/aromatic N) is 2. The number of amides is 1. The van der Waals surface area contributed by atoms with Crippen LogP contribution in [0.15, 0.2) is 58.5 Å². The number of nitrogens with one attached hydrogen (secondary N) is 1. The molecule has 0 spiro atoms. The molecule has 0 saturated heterocycles. The monoisotopic (exact) mass is 355 g/mol. The molecule has 0 bridgehead atoms. The van der Waals surface area contributed by atoms with Crippen molar-refractivity contribution in [3.8, 4) is 11.4 Å². The number of ether oxygens (including phenoxy) is 1. The topological polar surface area (TPSA) is 73.2 Å². The number of methoxy groups -OCH3 is 1. The Hall–Kier alpha value is -2.80. The molecule has 0 aliphatic heterocycles. The number of carbonyl (C=O) groups is 1. The van der Waals surface area contributed by atoms with Crippen LogP contribution >= 0.6 is 11.8 Å². The van der Waals surface area contributed by atoms with Gasteiger partial charge in [0.05, 0.1) is 29.5 Å². The van der Waals surface area contributed by atoms with Gasteiger partial charge in [-0.15, -0.1) is 0 Å². The average molecular weight is 355 g/mol. The molecule has 3 aromatic rings. The molecule has 128 valence electrons. The van der Waals surface area contributed by atoms with Crippen LogP contribution in [0.3, 0.4) is 0 Å². The molecule has 2 aromatic carbocycles. The van der Waals surface area contributed by atoms with E-state index in [9.17, 15) is 9.59 Å². The Morgan fingerprint density at radius 2 is 2.04 bits per heavy atom. The first-order chi connectivity index (χ1) is 12.1. The second kappa shape index (κ2) is 7.40. The van der Waals surface area contributed by atoms with Crippen molar-refractivity contribution in [3.63, 3.8) is 0 Å². The molecule has 0 atom stereocenters. The third-order valence-corrected chi connectivity index (χ3v) is 4.61. The number of carbonyl (C=O) groups excluding carboxylic acids is 1. The fourth-order valence-electron chi connectivity index (χ4n) is 2.39. The highest BCUT2D eigenvalue weighted by molar-refractivity contribution is 7.99. The predicted octanol–water partition coefficient (Wildman–Crippen LogP) is 2.23. The number of hydrogen-bond donors (Lipinski definition) is 1. The lowest BCUT2D eigenvalue weighted by molar-refractivity contribution is -0.118. The van der Waals surface area contributed by atoms with Crippen LogP contribution < -0.4 is 15.6 Å². The number of para-hydroxylation sites is 1. The van der Waals surface area contributed by atoms with Crippen molar-refractivity contribution < 1.29 is 9.53 Å². The van der Waals surface area contributed by atoms with E-state index in [0.717, 1.165) is 0 Å². The van der Waals surface area contributed by atoms with E-state index in [1.807, 2.05) is 18.2 Å². The molecule has 0 unspecified atom stereocenters. The fraction of sp³-hybridized carbons (Fsp3) is 0.167. The number of thioether (sulfide) groups is 1. The van der Waals surface area contributed by atoms with Crippen molar-refractivity contribution in [2.75, 3.05) is 19.9 Å². The number of rotatable bonds is 5. The SMILES string of the molecule is CNC(=O)CSc1nc2ccccc2c(=O)n1-c1cccc(OC)c1. The highest BCUT2D eigenvalue weighted by atomic mass is 32.2. The summed E-state index contributed by atoms with van der Waals surface area (Å²) in [5.41, 5.74) is 1.06. The van der Waals surface area contributed by atoms with Crippen LogP contribution in [-0.4, -0.2) is 35.4 Å². The molecule has 7 heteroatoms. The Balaban J connectivity index is 2.20. The predicted molar refractivity (Wildman–Crippen MR) is 98.7 cm³/mol. The zero-order valence-electron chi connectivity index (χ0n) is 13.9. The Bertz CT molecular complexity index is 985. The summed E-state index contributed by atoms with van der Waals surface area (Å²) in [4.78, 5) is 29.2. The highest BCUT2D eigenvalue weighted by Crippen LogP contribution is 2.23. The molecule has 1 amide bonds. The van der Waals surface area contributed by atoms with Crippen LogP contribution in [0.1, 0.15) is 0 Å². The lowest BCUT2D eigenvalue weighted by Crippen LogP contribution is -2.24. The van der Waals surface area contributed by atoms with Crippen LogP contribution in [-0.2, 0) is 4.79 Å². The number of fused-ring (bicyclic) bond motifs is 1. The number of hydrogen-bond acceptors (Lipinski definition) is 5. The van der Waals surface area contributed by atoms with E-state index in [-0.39, 0.29) is 17.2 Å². The van der Waals surface area contributed by atoms with Crippen LogP contribution in [0.5, 0.6) is 5.75 Å². The molecule has 0 saturated carbocycles. The first kappa shape index (κ1) is 17.0. The fourth-order valence-corrected chi connectivity index (χ4v) is 3.27. The van der Waals surface area contributed by atoms with Crippen LogP contribution in [0, 0.1) is 0 Å². The summed E-state index contributed by atoms with van der Waals surface area (Å²) in [7, 11) is 3.15. The maximum absolute atomic E-state index is 13.0. The first-order valence-electron chi connectivity index (χ1n) is 7.63. The standard InChI is InChI=1S/C18H17N3O3S/c1-19-16(22)11-25-18-20-15-9-4-3-8-14(15)17(23)21(18)12-6-5-7-13(10-12)24-2/h3-10H,11H2,1-2H3,(H,19,22). The molecule has 1 aromatic heterocycles. The molecule has 25 heavy (non-hydrogen) atoms. The van der Waals surface area contributed by atoms with E-state index in [0.29, 0.717) is 27.5 Å². The van der Waals surface area contributed by atoms with Gasteiger partial charge in [-0.3, -0.25) is 14.2 Å². The van der Waals surface area contributed by atoms with Crippen molar-refractivity contribution in [1.29, 1.82) is 0 Å². The lowest BCUT2D eigenvalue weighted by atomic mass is 10.2. The molecule has 1 N–H and O–H groups in total. The van der Waals surface area contributed by atoms with Crippen molar-refractivity contribution in [2.45, 2.75) is 5.16 Å². The molecule has 6 nitrogen and oxygen atoms in total. The molecule has 0 aliphatic rings. The molecule has 0 fully saturated rings. The summed E-state index contributed by atoms with van der Waals surface area (Å²) in [6.07, 6.45) is 0. The number of benzene rings is 2. The Morgan fingerprint density at radius 1 is 1.24 bits per heavy atom. The van der Waals surface area contributed by atoms with Gasteiger partial charge in [0.15, 0.2) is 5.16 Å². The minimum Gasteiger partial charge on any atom is -0.497 e. The second-order valence-corrected chi connectivity index (χ2v) is 6.16. The average Bonchev–Trinajstić information content (AvgIpc) is 2.66. The highest BCUT2D eigenvalue weighted by Gasteiger charge is 2.14. The molecule has 1 heterocycles. The van der Waals surface area contributed by atoms with E-state index in [2.05, 4.69) is 10.3 Å². The third kappa shape index (κ3) is 3.51. The van der Waals surface area contributed by atoms with Crippen molar-refractivity contribution in [3.05, 3.63) is 58.9 Å². The van der Waals surface area contributed by atoms with Crippen molar-refractivity contribution in [2.24, 2.45) is 0 Å². The molecule has 0 radical (unpaired) electrons. The van der Waals surface area contributed by atoms with Crippen molar-refractivity contribution >= 4 is 28.6 Å². The number of aromatic nitrogens is 2. The summed E-state index contributed by atoms with van der Waals surface area (Å²) >= 11 is 1.22. The van der Waals surface area contributed by atoms with E-state index in [1.54, 1.807) is 44.5 Å². The van der Waals surface area contributed by atoms with Gasteiger partial charge in [-0.2, -0.15) is 0 Å². The van der Waals surface area contributed by atoms with Gasteiger partial charge in [-0.25, -0.2) is 4.98 Å². The van der Waals surface area contributed by atoms with Gasteiger partial charge in [-0.1, -0.05) is 30.0 Å². The summed E-state index contributed by atoms with van der Waals surface area (Å²) in [6.45, 7) is 0. The summed E-state index contributed by atoms with van der Waals surface area (Å²) in [5.74, 6) is 0.676. The van der Waals surface area contributed by atoms with E-state index >= 15 is 0 Å². The smallest absolute Gasteiger partial charge is 0.266 e. The van der Waals surface area contributed by atoms with E-state index in [4.69, 9.17) is 4.74 Å². The summed E-state index contributed by atoms with van der Waals surface area (Å²) in [5, 5.41) is 3.55. The van der Waals surface area contributed by atoms with Gasteiger partial charge in [-0.05, 0) is 24.3 Å². The van der Waals surface area contributed by atoms with Crippen LogP contribution in [0.2, 0.25) is 0 Å². The van der Waals surface area contributed by atoms with Crippen molar-refractivity contribution in [1.82, 2.24) is 14.9 Å². The van der Waals surface area contributed by atoms with Gasteiger partial charge in [0.2, 0.25) is 5.91 Å². The lowest BCUT2D eigenvalue weighted by Gasteiger charge is -2.13. The van der Waals surface area contributed by atoms with Gasteiger partial charge in [0.25, 0.3) is 5.56 Å². The van der Waals surface area contributed by atoms with Crippen LogP contribution in [0.25, 0.3) is 16.6 Å². The Labute approximate surface area is 148 Å². The second-order valence-electron chi connectivity index (χ2n) is 5.22. The zero-order valence-corrected chi connectivity index (χ0v) is 14.7. The van der Waals surface area contributed by atoms with Crippen LogP contribution in [0.4, 0.5) is 0 Å².